The second-order valence-electron chi connectivity index (χ2n) is 3.35. The van der Waals surface area contributed by atoms with Crippen LogP contribution in [0, 0.1) is 5.92 Å². The van der Waals surface area contributed by atoms with Gasteiger partial charge in [-0.3, -0.25) is 0 Å². The smallest absolute Gasteiger partial charge is 1.00 e. The molecule has 0 saturated heterocycles. The first-order valence-corrected chi connectivity index (χ1v) is 4.53. The summed E-state index contributed by atoms with van der Waals surface area (Å²) in [5.74, 6) is 0.146. The molecule has 0 spiro atoms. The Hall–Kier alpha value is 0.470. The van der Waals surface area contributed by atoms with E-state index >= 15 is 0 Å². The van der Waals surface area contributed by atoms with Gasteiger partial charge in [0.25, 0.3) is 0 Å². The van der Waals surface area contributed by atoms with Gasteiger partial charge >= 0.3 is 43.7 Å². The Morgan fingerprint density at radius 3 is 2.38 bits per heavy atom. The van der Waals surface area contributed by atoms with Gasteiger partial charge in [-0.1, -0.05) is 25.8 Å². The van der Waals surface area contributed by atoms with Gasteiger partial charge in [0.1, 0.15) is 0 Å². The predicted molar refractivity (Wildman–Crippen MR) is 55.7 cm³/mol. The zero-order chi connectivity index (χ0) is 8.97. The molecule has 0 aromatic carbocycles. The van der Waals surface area contributed by atoms with Gasteiger partial charge in [0.2, 0.25) is 0 Å². The van der Waals surface area contributed by atoms with Gasteiger partial charge in [0, 0.05) is 5.57 Å². The molecule has 1 aliphatic carbocycles. The van der Waals surface area contributed by atoms with Crippen molar-refractivity contribution in [2.75, 3.05) is 7.11 Å². The van der Waals surface area contributed by atoms with Crippen LogP contribution in [0.5, 0.6) is 0 Å². The topological polar surface area (TPSA) is 26.3 Å². The van der Waals surface area contributed by atoms with Crippen molar-refractivity contribution in [2.24, 2.45) is 5.92 Å². The average molecular weight is 210 g/mol. The van der Waals surface area contributed by atoms with E-state index in [0.717, 1.165) is 12.8 Å². The fraction of sp³-hybridized carbons (Fsp3) is 0.700. The number of rotatable bonds is 2. The third kappa shape index (κ3) is 4.01. The van der Waals surface area contributed by atoms with E-state index in [1.54, 1.807) is 0 Å². The molecule has 0 radical (unpaired) electrons. The molecule has 0 bridgehead atoms. The zero-order valence-electron chi connectivity index (χ0n) is 10.3. The minimum absolute atomic E-state index is 0. The molecule has 1 rings (SSSR count). The first-order valence-electron chi connectivity index (χ1n) is 4.53. The van der Waals surface area contributed by atoms with Crippen molar-refractivity contribution in [2.45, 2.75) is 32.1 Å². The Labute approximate surface area is 113 Å². The third-order valence-electron chi connectivity index (χ3n) is 2.55. The average Bonchev–Trinajstić information content (AvgIpc) is 2.17. The molecule has 72 valence electrons. The van der Waals surface area contributed by atoms with E-state index in [0.29, 0.717) is 11.5 Å². The van der Waals surface area contributed by atoms with Crippen molar-refractivity contribution < 1.29 is 12.4 Å². The standard InChI is InChI=1S/C10H16O2.Ca.2H/c1-8(10(11)12-2)9-6-4-3-5-7-9;;;/h9H,1,3-7H2,2H3;;;/q;+2;2*-1. The summed E-state index contributed by atoms with van der Waals surface area (Å²) in [4.78, 5) is 11.1. The summed E-state index contributed by atoms with van der Waals surface area (Å²) in [6.07, 6.45) is 5.95. The number of hydrogen-bond acceptors (Lipinski definition) is 2. The molecule has 1 fully saturated rings. The van der Waals surface area contributed by atoms with E-state index in [2.05, 4.69) is 11.3 Å². The molecule has 1 aliphatic rings. The largest absolute Gasteiger partial charge is 2.00 e. The summed E-state index contributed by atoms with van der Waals surface area (Å²) in [5.41, 5.74) is 0.664. The number of carbonyl (C=O) groups is 1. The molecule has 0 aromatic rings. The van der Waals surface area contributed by atoms with E-state index < -0.39 is 0 Å². The summed E-state index contributed by atoms with van der Waals surface area (Å²) >= 11 is 0. The van der Waals surface area contributed by atoms with Crippen molar-refractivity contribution >= 4 is 43.7 Å². The minimum atomic E-state index is -0.234. The molecular formula is C10H18CaO2. The van der Waals surface area contributed by atoms with Crippen LogP contribution in [0.15, 0.2) is 12.2 Å². The fourth-order valence-electron chi connectivity index (χ4n) is 1.75. The van der Waals surface area contributed by atoms with Gasteiger partial charge in [0.15, 0.2) is 0 Å². The van der Waals surface area contributed by atoms with E-state index in [-0.39, 0.29) is 46.6 Å². The Morgan fingerprint density at radius 2 is 1.92 bits per heavy atom. The molecule has 0 atom stereocenters. The summed E-state index contributed by atoms with van der Waals surface area (Å²) < 4.78 is 4.63. The van der Waals surface area contributed by atoms with Crippen LogP contribution in [0.25, 0.3) is 0 Å². The molecule has 0 unspecified atom stereocenters. The maximum Gasteiger partial charge on any atom is 2.00 e. The SMILES string of the molecule is C=C(C(=O)OC)C1CCCCC1.[Ca+2].[H-].[H-]. The van der Waals surface area contributed by atoms with Crippen molar-refractivity contribution in [3.05, 3.63) is 12.2 Å². The fourth-order valence-corrected chi connectivity index (χ4v) is 1.75. The molecule has 2 nitrogen and oxygen atoms in total. The van der Waals surface area contributed by atoms with Crippen molar-refractivity contribution in [1.82, 2.24) is 0 Å². The number of carbonyl (C=O) groups excluding carboxylic acids is 1. The van der Waals surface area contributed by atoms with Crippen LogP contribution < -0.4 is 0 Å². The van der Waals surface area contributed by atoms with Gasteiger partial charge in [-0.25, -0.2) is 4.79 Å². The van der Waals surface area contributed by atoms with E-state index in [9.17, 15) is 4.79 Å². The maximum atomic E-state index is 11.1. The molecule has 0 aromatic heterocycles. The Balaban J connectivity index is -0.000000480. The van der Waals surface area contributed by atoms with Crippen LogP contribution >= 0.6 is 0 Å². The monoisotopic (exact) mass is 210 g/mol. The minimum Gasteiger partial charge on any atom is -1.00 e. The van der Waals surface area contributed by atoms with Crippen molar-refractivity contribution in [3.8, 4) is 0 Å². The Kier molecular flexibility index (Phi) is 7.10. The molecule has 3 heteroatoms. The first-order chi connectivity index (χ1) is 5.75. The second-order valence-corrected chi connectivity index (χ2v) is 3.35. The predicted octanol–water partition coefficient (Wildman–Crippen LogP) is 2.14. The Bertz CT molecular complexity index is 192. The van der Waals surface area contributed by atoms with Gasteiger partial charge in [-0.2, -0.15) is 0 Å². The van der Waals surface area contributed by atoms with E-state index in [4.69, 9.17) is 0 Å². The summed E-state index contributed by atoms with van der Waals surface area (Å²) in [6.45, 7) is 3.77. The van der Waals surface area contributed by atoms with Gasteiger partial charge in [-0.05, 0) is 18.8 Å². The normalized spacial score (nSPS) is 17.3. The number of ether oxygens (including phenoxy) is 1. The number of methoxy groups -OCH3 is 1. The van der Waals surface area contributed by atoms with Gasteiger partial charge < -0.3 is 7.59 Å². The second kappa shape index (κ2) is 6.85. The van der Waals surface area contributed by atoms with Crippen molar-refractivity contribution in [1.29, 1.82) is 0 Å². The van der Waals surface area contributed by atoms with Crippen LogP contribution in [0.2, 0.25) is 0 Å². The van der Waals surface area contributed by atoms with E-state index in [1.165, 1.54) is 26.4 Å². The molecule has 0 amide bonds. The Morgan fingerprint density at radius 1 is 1.38 bits per heavy atom. The molecule has 0 aliphatic heterocycles. The molecule has 0 N–H and O–H groups in total. The van der Waals surface area contributed by atoms with Crippen LogP contribution in [-0.4, -0.2) is 50.8 Å². The van der Waals surface area contributed by atoms with Crippen LogP contribution in [0.4, 0.5) is 0 Å². The summed E-state index contributed by atoms with van der Waals surface area (Å²) in [6, 6.07) is 0. The van der Waals surface area contributed by atoms with Crippen LogP contribution in [0.1, 0.15) is 35.0 Å². The van der Waals surface area contributed by atoms with Crippen molar-refractivity contribution in [3.63, 3.8) is 0 Å². The number of hydrogen-bond donors (Lipinski definition) is 0. The van der Waals surface area contributed by atoms with E-state index in [1.807, 2.05) is 0 Å². The van der Waals surface area contributed by atoms with Gasteiger partial charge in [-0.15, -0.1) is 0 Å². The first kappa shape index (κ1) is 13.5. The molecule has 1 saturated carbocycles. The van der Waals surface area contributed by atoms with Gasteiger partial charge in [0.05, 0.1) is 7.11 Å². The molecule has 13 heavy (non-hydrogen) atoms. The number of esters is 1. The quantitative estimate of drug-likeness (QED) is 0.396. The van der Waals surface area contributed by atoms with Crippen LogP contribution in [-0.2, 0) is 9.53 Å². The summed E-state index contributed by atoms with van der Waals surface area (Å²) in [5, 5.41) is 0. The zero-order valence-corrected chi connectivity index (χ0v) is 10.6. The van der Waals surface area contributed by atoms with Crippen LogP contribution in [0.3, 0.4) is 0 Å². The maximum absolute atomic E-state index is 11.1. The summed E-state index contributed by atoms with van der Waals surface area (Å²) in [7, 11) is 1.41. The molecular weight excluding hydrogens is 192 g/mol. The molecule has 0 heterocycles. The third-order valence-corrected chi connectivity index (χ3v) is 2.55.